The fourth-order valence-corrected chi connectivity index (χ4v) is 16.3. The maximum Gasteiger partial charge on any atom is 0.252 e. The van der Waals surface area contributed by atoms with E-state index in [-0.39, 0.29) is 46.0 Å². The number of nitrogens with zero attached hydrogens (tertiary/aromatic N) is 4. The van der Waals surface area contributed by atoms with Gasteiger partial charge in [0.25, 0.3) is 6.71 Å². The van der Waals surface area contributed by atoms with Crippen LogP contribution in [0, 0.1) is 0 Å². The summed E-state index contributed by atoms with van der Waals surface area (Å²) in [6.45, 7) is 20.2. The Morgan fingerprint density at radius 3 is 1.22 bits per heavy atom. The van der Waals surface area contributed by atoms with Crippen molar-refractivity contribution in [1.29, 1.82) is 0 Å². The highest BCUT2D eigenvalue weighted by Gasteiger charge is 2.46. The third kappa shape index (κ3) is 12.0. The maximum atomic E-state index is 9.70. The lowest BCUT2D eigenvalue weighted by atomic mass is 9.33. The lowest BCUT2D eigenvalue weighted by molar-refractivity contribution is 0.569. The van der Waals surface area contributed by atoms with Crippen molar-refractivity contribution in [2.45, 2.75) is 78.6 Å². The van der Waals surface area contributed by atoms with Gasteiger partial charge in [-0.25, -0.2) is 0 Å². The second-order valence-electron chi connectivity index (χ2n) is 31.8. The summed E-state index contributed by atoms with van der Waals surface area (Å²) in [5.41, 5.74) is 29.0. The molecule has 0 atom stereocenters. The molecule has 2 aliphatic heterocycles. The molecule has 516 valence electrons. The average molecular weight is 1380 g/mol. The molecule has 4 nitrogen and oxygen atoms in total. The topological polar surface area (TPSA) is 14.7 Å². The molecule has 5 heteroatoms. The summed E-state index contributed by atoms with van der Waals surface area (Å²) in [4.78, 5) is 7.44. The zero-order valence-electron chi connectivity index (χ0n) is 67.0. The number of fused-ring (bicyclic) bond motifs is 7. The van der Waals surface area contributed by atoms with E-state index in [0.29, 0.717) is 5.56 Å². The maximum absolute atomic E-state index is 9.70. The van der Waals surface area contributed by atoms with Crippen LogP contribution in [0.3, 0.4) is 0 Å². The quantitative estimate of drug-likeness (QED) is 0.113. The number of aromatic nitrogens is 1. The van der Waals surface area contributed by atoms with E-state index in [0.717, 1.165) is 145 Å². The molecule has 0 bridgehead atoms. The predicted molar refractivity (Wildman–Crippen MR) is 458 cm³/mol. The summed E-state index contributed by atoms with van der Waals surface area (Å²) < 4.78 is 49.0. The van der Waals surface area contributed by atoms with Crippen molar-refractivity contribution in [2.24, 2.45) is 0 Å². The summed E-state index contributed by atoms with van der Waals surface area (Å²) in [7, 11) is 0. The van der Waals surface area contributed by atoms with Gasteiger partial charge in [0, 0.05) is 73.1 Å². The van der Waals surface area contributed by atoms with E-state index in [1.165, 1.54) is 21.9 Å². The summed E-state index contributed by atoms with van der Waals surface area (Å²) in [6, 6.07) is 116. The van der Waals surface area contributed by atoms with Gasteiger partial charge < -0.3 is 19.3 Å². The molecule has 0 saturated carbocycles. The highest BCUT2D eigenvalue weighted by atomic mass is 15.2. The molecule has 1 aromatic heterocycles. The fourth-order valence-electron chi connectivity index (χ4n) is 16.3. The Hall–Kier alpha value is -12.4. The molecule has 0 amide bonds. The first-order chi connectivity index (χ1) is 54.0. The van der Waals surface area contributed by atoms with Crippen LogP contribution in [0.2, 0.25) is 0 Å². The number of para-hydroxylation sites is 3. The van der Waals surface area contributed by atoms with Gasteiger partial charge in [0.1, 0.15) is 0 Å². The van der Waals surface area contributed by atoms with Crippen molar-refractivity contribution in [3.63, 3.8) is 0 Å². The van der Waals surface area contributed by atoms with Gasteiger partial charge in [0.15, 0.2) is 0 Å². The Morgan fingerprint density at radius 2 is 0.701 bits per heavy atom. The molecule has 3 heterocycles. The lowest BCUT2D eigenvalue weighted by Crippen LogP contribution is -2.61. The molecule has 0 saturated heterocycles. The van der Waals surface area contributed by atoms with E-state index in [4.69, 9.17) is 1.37 Å². The minimum Gasteiger partial charge on any atom is -0.311 e. The summed E-state index contributed by atoms with van der Waals surface area (Å²) in [5, 5.41) is 2.41. The minimum absolute atomic E-state index is 0.133. The molecule has 18 rings (SSSR count). The highest BCUT2D eigenvalue weighted by Crippen LogP contribution is 2.54. The van der Waals surface area contributed by atoms with Crippen LogP contribution in [-0.4, -0.2) is 11.3 Å². The molecular formula is C102H85BN4. The SMILES string of the molecule is [2H]c1c([2H])c([2H])c(-c2ccc3c(c2)N(c2c(-c4ccccc4)cc(C(C)(C)C)cc2-c2ccccc2)c2cc(-c4cc(C(C)(C)C)cc(C(C)(C)C)c4)cc4c2B3c2ccc(N(c3ccccc3)c3ccc(-n5c6ccccc6c6ccccc65)cc3)cc2N4c2cc(-c3ccccc3)cc(-c3ccccc3)c2)c([2H])c1[2H]. The highest BCUT2D eigenvalue weighted by molar-refractivity contribution is 7.00. The summed E-state index contributed by atoms with van der Waals surface area (Å²) in [5.74, 6) is 0. The monoisotopic (exact) mass is 1380 g/mol. The molecule has 107 heavy (non-hydrogen) atoms. The molecule has 0 N–H and O–H groups in total. The molecule has 0 radical (unpaired) electrons. The number of anilines is 9. The first-order valence-corrected chi connectivity index (χ1v) is 37.3. The molecule has 0 unspecified atom stereocenters. The van der Waals surface area contributed by atoms with Crippen LogP contribution in [0.5, 0.6) is 0 Å². The molecule has 16 aromatic rings. The van der Waals surface area contributed by atoms with Gasteiger partial charge in [0.2, 0.25) is 0 Å². The first-order valence-electron chi connectivity index (χ1n) is 39.8. The van der Waals surface area contributed by atoms with Crippen LogP contribution in [0.1, 0.15) is 85.9 Å². The van der Waals surface area contributed by atoms with Crippen molar-refractivity contribution in [3.8, 4) is 72.4 Å². The van der Waals surface area contributed by atoms with E-state index in [1.54, 1.807) is 0 Å². The van der Waals surface area contributed by atoms with Crippen molar-refractivity contribution in [1.82, 2.24) is 4.57 Å². The van der Waals surface area contributed by atoms with Crippen LogP contribution in [0.15, 0.2) is 352 Å². The van der Waals surface area contributed by atoms with Gasteiger partial charge in [0.05, 0.1) is 23.6 Å². The van der Waals surface area contributed by atoms with Crippen molar-refractivity contribution >= 4 is 96.1 Å². The fraction of sp³-hybridized carbons (Fsp3) is 0.118. The van der Waals surface area contributed by atoms with E-state index in [1.807, 2.05) is 6.07 Å². The number of rotatable bonds is 12. The largest absolute Gasteiger partial charge is 0.311 e. The van der Waals surface area contributed by atoms with Crippen molar-refractivity contribution in [3.05, 3.63) is 368 Å². The summed E-state index contributed by atoms with van der Waals surface area (Å²) in [6.07, 6.45) is 0. The summed E-state index contributed by atoms with van der Waals surface area (Å²) >= 11 is 0. The van der Waals surface area contributed by atoms with Crippen LogP contribution < -0.4 is 31.1 Å². The van der Waals surface area contributed by atoms with Gasteiger partial charge >= 0.3 is 0 Å². The molecular weight excluding hydrogens is 1290 g/mol. The Morgan fingerprint density at radius 1 is 0.290 bits per heavy atom. The lowest BCUT2D eigenvalue weighted by Gasteiger charge is -2.46. The van der Waals surface area contributed by atoms with Crippen LogP contribution in [0.25, 0.3) is 94.3 Å². The zero-order chi connectivity index (χ0) is 77.2. The van der Waals surface area contributed by atoms with Gasteiger partial charge in [-0.15, -0.1) is 0 Å². The van der Waals surface area contributed by atoms with Crippen molar-refractivity contribution in [2.75, 3.05) is 14.7 Å². The van der Waals surface area contributed by atoms with Crippen LogP contribution >= 0.6 is 0 Å². The number of hydrogen-bond acceptors (Lipinski definition) is 3. The standard InChI is InChI=1S/C102H85BN4/c1-100(2,3)78-57-76(58-79(64-78)101(4,5)6)77-62-96-98-97(63-77)107(99-88(71-38-22-13-23-39-71)65-80(102(7,8)9)66-89(99)72-40-24-14-25-41-72)94-61-73(68-32-16-10-17-33-68)48-54-90(94)103(98)91-55-53-84(67-95(91)106(96)85-59-74(69-34-18-11-19-35-69)56-75(60-85)70-36-20-12-21-37-70)104(81-42-26-15-27-43-81)82-49-51-83(52-50-82)105-92-46-30-28-44-86(92)87-45-29-31-47-93(87)105/h10-67H,1-9H3/i10D,16D,17D,32D,33D. The second-order valence-corrected chi connectivity index (χ2v) is 31.8. The van der Waals surface area contributed by atoms with E-state index >= 15 is 0 Å². The molecule has 15 aromatic carbocycles. The Labute approximate surface area is 637 Å². The van der Waals surface area contributed by atoms with Gasteiger partial charge in [-0.05, 0) is 214 Å². The zero-order valence-corrected chi connectivity index (χ0v) is 62.0. The Balaban J connectivity index is 0.996. The molecule has 0 fully saturated rings. The minimum atomic E-state index is -0.457. The third-order valence-corrected chi connectivity index (χ3v) is 21.8. The molecule has 0 aliphatic carbocycles. The first kappa shape index (κ1) is 60.9. The van der Waals surface area contributed by atoms with Crippen molar-refractivity contribution < 1.29 is 6.85 Å². The average Bonchev–Trinajstić information content (AvgIpc) is 0.827. The second kappa shape index (κ2) is 26.3. The van der Waals surface area contributed by atoms with E-state index in [2.05, 4.69) is 397 Å². The van der Waals surface area contributed by atoms with Gasteiger partial charge in [-0.2, -0.15) is 0 Å². The third-order valence-electron chi connectivity index (χ3n) is 21.8. The number of hydrogen-bond donors (Lipinski definition) is 0. The Bertz CT molecular complexity index is 6150. The van der Waals surface area contributed by atoms with E-state index in [9.17, 15) is 5.48 Å². The number of benzene rings is 15. The van der Waals surface area contributed by atoms with Crippen LogP contribution in [-0.2, 0) is 16.2 Å². The smallest absolute Gasteiger partial charge is 0.252 e. The normalized spacial score (nSPS) is 13.3. The van der Waals surface area contributed by atoms with Gasteiger partial charge in [-0.3, -0.25) is 0 Å². The van der Waals surface area contributed by atoms with Gasteiger partial charge in [-0.1, -0.05) is 305 Å². The van der Waals surface area contributed by atoms with E-state index < -0.39 is 12.8 Å². The van der Waals surface area contributed by atoms with Crippen LogP contribution in [0.4, 0.5) is 51.2 Å². The molecule has 0 spiro atoms. The predicted octanol–water partition coefficient (Wildman–Crippen LogP) is 26.2. The Kier molecular flexibility index (Phi) is 15.0. The molecule has 2 aliphatic rings.